The third kappa shape index (κ3) is 4.00. The Morgan fingerprint density at radius 3 is 2.71 bits per heavy atom. The van der Waals surface area contributed by atoms with E-state index < -0.39 is 9.84 Å². The minimum Gasteiger partial charge on any atom is -0.362 e. The molecule has 9 heteroatoms. The Morgan fingerprint density at radius 1 is 1.12 bits per heavy atom. The second-order valence-corrected chi connectivity index (χ2v) is 11.3. The molecule has 4 heterocycles. The predicted octanol–water partition coefficient (Wildman–Crippen LogP) is 3.85. The van der Waals surface area contributed by atoms with Gasteiger partial charge in [-0.2, -0.15) is 0 Å². The molecule has 0 saturated carbocycles. The number of aromatic nitrogens is 4. The molecular formula is C25H27N5O3S. The number of H-pyrrole nitrogens is 1. The maximum absolute atomic E-state index is 12.7. The molecule has 1 aliphatic rings. The summed E-state index contributed by atoms with van der Waals surface area (Å²) in [6.45, 7) is 4.19. The number of rotatable bonds is 5. The number of anilines is 1. The highest BCUT2D eigenvalue weighted by Crippen LogP contribution is 2.34. The first-order valence-electron chi connectivity index (χ1n) is 11.4. The number of hydrogen-bond donors (Lipinski definition) is 2. The van der Waals surface area contributed by atoms with E-state index in [-0.39, 0.29) is 23.3 Å². The van der Waals surface area contributed by atoms with Gasteiger partial charge in [-0.1, -0.05) is 26.0 Å². The molecule has 0 radical (unpaired) electrons. The molecule has 8 nitrogen and oxygen atoms in total. The molecule has 3 aromatic heterocycles. The lowest BCUT2D eigenvalue weighted by atomic mass is 9.94. The van der Waals surface area contributed by atoms with Gasteiger partial charge >= 0.3 is 0 Å². The number of pyridine rings is 1. The fourth-order valence-electron chi connectivity index (χ4n) is 4.57. The lowest BCUT2D eigenvalue weighted by Crippen LogP contribution is -2.20. The van der Waals surface area contributed by atoms with E-state index in [9.17, 15) is 13.2 Å². The van der Waals surface area contributed by atoms with E-state index in [1.807, 2.05) is 24.3 Å². The van der Waals surface area contributed by atoms with Gasteiger partial charge in [-0.25, -0.2) is 18.4 Å². The number of benzene rings is 1. The zero-order valence-corrected chi connectivity index (χ0v) is 20.2. The highest BCUT2D eigenvalue weighted by Gasteiger charge is 2.26. The summed E-state index contributed by atoms with van der Waals surface area (Å²) in [5.74, 6) is 1.04. The molecule has 2 N–H and O–H groups in total. The van der Waals surface area contributed by atoms with Crippen LogP contribution in [0.2, 0.25) is 0 Å². The van der Waals surface area contributed by atoms with Crippen LogP contribution in [0.1, 0.15) is 37.4 Å². The van der Waals surface area contributed by atoms with E-state index in [2.05, 4.69) is 34.1 Å². The van der Waals surface area contributed by atoms with Gasteiger partial charge in [0.05, 0.1) is 22.1 Å². The SMILES string of the molecule is CC(C)[C@H](Nc1ncnc2[nH]c(-c3ccc(=O)n(C)c3)cc12)c1ccc2c(c1)S(=O)(=O)CCC2. The van der Waals surface area contributed by atoms with Crippen LogP contribution in [0.15, 0.2) is 58.6 Å². The van der Waals surface area contributed by atoms with Crippen molar-refractivity contribution in [3.8, 4) is 11.3 Å². The van der Waals surface area contributed by atoms with E-state index in [0.717, 1.165) is 34.2 Å². The zero-order valence-electron chi connectivity index (χ0n) is 19.4. The summed E-state index contributed by atoms with van der Waals surface area (Å²) >= 11 is 0. The van der Waals surface area contributed by atoms with Crippen molar-refractivity contribution in [2.75, 3.05) is 11.1 Å². The summed E-state index contributed by atoms with van der Waals surface area (Å²) in [6, 6.07) is 10.9. The normalized spacial score (nSPS) is 15.9. The third-order valence-corrected chi connectivity index (χ3v) is 8.30. The molecule has 0 unspecified atom stereocenters. The van der Waals surface area contributed by atoms with Crippen molar-refractivity contribution in [3.05, 3.63) is 70.4 Å². The Balaban J connectivity index is 1.54. The highest BCUT2D eigenvalue weighted by atomic mass is 32.2. The van der Waals surface area contributed by atoms with Crippen molar-refractivity contribution in [1.29, 1.82) is 0 Å². The molecule has 5 rings (SSSR count). The summed E-state index contributed by atoms with van der Waals surface area (Å²) in [7, 11) is -1.53. The van der Waals surface area contributed by atoms with Crippen LogP contribution < -0.4 is 10.9 Å². The van der Waals surface area contributed by atoms with Crippen molar-refractivity contribution in [2.24, 2.45) is 13.0 Å². The van der Waals surface area contributed by atoms with Gasteiger partial charge in [0.15, 0.2) is 9.84 Å². The average Bonchev–Trinajstić information content (AvgIpc) is 3.24. The fourth-order valence-corrected chi connectivity index (χ4v) is 6.20. The second kappa shape index (κ2) is 8.39. The largest absolute Gasteiger partial charge is 0.362 e. The second-order valence-electron chi connectivity index (χ2n) is 9.19. The van der Waals surface area contributed by atoms with Gasteiger partial charge in [0.1, 0.15) is 17.8 Å². The van der Waals surface area contributed by atoms with Crippen LogP contribution in [0.3, 0.4) is 0 Å². The molecule has 0 aliphatic carbocycles. The lowest BCUT2D eigenvalue weighted by Gasteiger charge is -2.26. The van der Waals surface area contributed by atoms with Gasteiger partial charge in [-0.05, 0) is 48.1 Å². The Kier molecular flexibility index (Phi) is 5.51. The van der Waals surface area contributed by atoms with Gasteiger partial charge < -0.3 is 14.9 Å². The number of nitrogens with zero attached hydrogens (tertiary/aromatic N) is 3. The van der Waals surface area contributed by atoms with E-state index in [1.165, 1.54) is 17.0 Å². The van der Waals surface area contributed by atoms with Crippen LogP contribution in [0.4, 0.5) is 5.82 Å². The predicted molar refractivity (Wildman–Crippen MR) is 133 cm³/mol. The average molecular weight is 478 g/mol. The molecular weight excluding hydrogens is 450 g/mol. The van der Waals surface area contributed by atoms with Crippen LogP contribution in [0.25, 0.3) is 22.3 Å². The number of hydrogen-bond acceptors (Lipinski definition) is 6. The molecule has 0 spiro atoms. The van der Waals surface area contributed by atoms with E-state index in [4.69, 9.17) is 0 Å². The van der Waals surface area contributed by atoms with Gasteiger partial charge in [0, 0.05) is 30.6 Å². The van der Waals surface area contributed by atoms with Crippen molar-refractivity contribution in [3.63, 3.8) is 0 Å². The first kappa shape index (κ1) is 22.3. The molecule has 0 fully saturated rings. The molecule has 0 bridgehead atoms. The number of sulfone groups is 1. The number of fused-ring (bicyclic) bond motifs is 2. The quantitative estimate of drug-likeness (QED) is 0.452. The molecule has 34 heavy (non-hydrogen) atoms. The molecule has 1 aliphatic heterocycles. The first-order chi connectivity index (χ1) is 16.2. The van der Waals surface area contributed by atoms with Gasteiger partial charge in [-0.15, -0.1) is 0 Å². The minimum atomic E-state index is -3.25. The molecule has 4 aromatic rings. The van der Waals surface area contributed by atoms with Gasteiger partial charge in [0.2, 0.25) is 5.56 Å². The summed E-state index contributed by atoms with van der Waals surface area (Å²) in [5, 5.41) is 4.36. The Hall–Kier alpha value is -3.46. The first-order valence-corrected chi connectivity index (χ1v) is 13.0. The molecule has 1 aromatic carbocycles. The van der Waals surface area contributed by atoms with Crippen molar-refractivity contribution < 1.29 is 8.42 Å². The van der Waals surface area contributed by atoms with Crippen LogP contribution in [-0.4, -0.2) is 33.7 Å². The van der Waals surface area contributed by atoms with E-state index in [1.54, 1.807) is 19.3 Å². The van der Waals surface area contributed by atoms with Crippen LogP contribution in [-0.2, 0) is 23.3 Å². The van der Waals surface area contributed by atoms with Crippen molar-refractivity contribution >= 4 is 26.7 Å². The van der Waals surface area contributed by atoms with Crippen LogP contribution >= 0.6 is 0 Å². The van der Waals surface area contributed by atoms with E-state index >= 15 is 0 Å². The smallest absolute Gasteiger partial charge is 0.250 e. The lowest BCUT2D eigenvalue weighted by molar-refractivity contribution is 0.542. The van der Waals surface area contributed by atoms with Crippen LogP contribution in [0, 0.1) is 5.92 Å². The number of aryl methyl sites for hydroxylation is 2. The summed E-state index contributed by atoms with van der Waals surface area (Å²) < 4.78 is 26.9. The fraction of sp³-hybridized carbons (Fsp3) is 0.320. The summed E-state index contributed by atoms with van der Waals surface area (Å²) in [6.07, 6.45) is 4.74. The molecule has 0 amide bonds. The van der Waals surface area contributed by atoms with E-state index in [0.29, 0.717) is 22.8 Å². The van der Waals surface area contributed by atoms with Crippen LogP contribution in [0.5, 0.6) is 0 Å². The molecule has 0 saturated heterocycles. The molecule has 1 atom stereocenters. The third-order valence-electron chi connectivity index (χ3n) is 6.43. The summed E-state index contributed by atoms with van der Waals surface area (Å²) in [5.41, 5.74) is 4.11. The molecule has 176 valence electrons. The number of nitrogens with one attached hydrogen (secondary N) is 2. The zero-order chi connectivity index (χ0) is 24.0. The maximum Gasteiger partial charge on any atom is 0.250 e. The maximum atomic E-state index is 12.7. The van der Waals surface area contributed by atoms with Crippen molar-refractivity contribution in [1.82, 2.24) is 19.5 Å². The highest BCUT2D eigenvalue weighted by molar-refractivity contribution is 7.91. The Morgan fingerprint density at radius 2 is 1.94 bits per heavy atom. The topological polar surface area (TPSA) is 110 Å². The monoisotopic (exact) mass is 477 g/mol. The van der Waals surface area contributed by atoms with Gasteiger partial charge in [-0.3, -0.25) is 4.79 Å². The minimum absolute atomic E-state index is 0.0751. The summed E-state index contributed by atoms with van der Waals surface area (Å²) in [4.78, 5) is 24.4. The number of aromatic amines is 1. The van der Waals surface area contributed by atoms with Crippen molar-refractivity contribution in [2.45, 2.75) is 37.6 Å². The Bertz CT molecular complexity index is 1550. The van der Waals surface area contributed by atoms with Gasteiger partial charge in [0.25, 0.3) is 0 Å². The standard InChI is InChI=1S/C25H27N5O3S/c1-15(2)23(17-7-6-16-5-4-10-34(32,33)21(16)11-17)29-25-19-12-20(28-24(19)26-14-27-25)18-8-9-22(31)30(3)13-18/h6-9,11-15,23H,4-5,10H2,1-3H3,(H2,26,27,28,29)/t23-/m0/s1. The Labute approximate surface area is 198 Å².